The first kappa shape index (κ1) is 13.4. The summed E-state index contributed by atoms with van der Waals surface area (Å²) >= 11 is 0. The topological polar surface area (TPSA) is 52.3 Å². The molecule has 1 aliphatic carbocycles. The van der Waals surface area contributed by atoms with Crippen molar-refractivity contribution in [1.29, 1.82) is 0 Å². The fourth-order valence-electron chi connectivity index (χ4n) is 3.10. The molecule has 3 heteroatoms. The fraction of sp³-hybridized carbons (Fsp3) is 0.167. The summed E-state index contributed by atoms with van der Waals surface area (Å²) in [6, 6.07) is 16.3. The first-order valence-electron chi connectivity index (χ1n) is 6.89. The molecule has 1 aliphatic rings. The third-order valence-corrected chi connectivity index (χ3v) is 3.91. The molecule has 0 bridgehead atoms. The molecule has 106 valence electrons. The fourth-order valence-corrected chi connectivity index (χ4v) is 3.10. The number of ether oxygens (including phenoxy) is 1. The van der Waals surface area contributed by atoms with Gasteiger partial charge in [-0.15, -0.1) is 0 Å². The van der Waals surface area contributed by atoms with Gasteiger partial charge in [-0.25, -0.2) is 4.79 Å². The Morgan fingerprint density at radius 2 is 1.57 bits per heavy atom. The van der Waals surface area contributed by atoms with Crippen LogP contribution in [0.25, 0.3) is 11.1 Å². The highest BCUT2D eigenvalue weighted by Crippen LogP contribution is 2.47. The normalized spacial score (nSPS) is 14.1. The molecule has 0 radical (unpaired) electrons. The van der Waals surface area contributed by atoms with E-state index in [2.05, 4.69) is 30.8 Å². The average Bonchev–Trinajstić information content (AvgIpc) is 2.79. The number of nitrogens with two attached hydrogens (primary N) is 1. The van der Waals surface area contributed by atoms with Gasteiger partial charge in [0.15, 0.2) is 0 Å². The summed E-state index contributed by atoms with van der Waals surface area (Å²) in [5.41, 5.74) is 10.7. The van der Waals surface area contributed by atoms with Gasteiger partial charge in [0, 0.05) is 0 Å². The number of primary amides is 1. The Balaban J connectivity index is 2.17. The molecule has 1 unspecified atom stereocenters. The van der Waals surface area contributed by atoms with E-state index in [1.54, 1.807) is 0 Å². The van der Waals surface area contributed by atoms with Gasteiger partial charge in [-0.3, -0.25) is 0 Å². The Labute approximate surface area is 124 Å². The summed E-state index contributed by atoms with van der Waals surface area (Å²) in [5.74, 6) is -0.0533. The lowest BCUT2D eigenvalue weighted by Crippen LogP contribution is -2.29. The van der Waals surface area contributed by atoms with Crippen molar-refractivity contribution in [1.82, 2.24) is 0 Å². The van der Waals surface area contributed by atoms with Crippen LogP contribution in [0.1, 0.15) is 24.0 Å². The molecule has 1 atom stereocenters. The average molecular weight is 279 g/mol. The van der Waals surface area contributed by atoms with Crippen LogP contribution in [0, 0.1) is 0 Å². The van der Waals surface area contributed by atoms with Gasteiger partial charge < -0.3 is 10.5 Å². The highest BCUT2D eigenvalue weighted by atomic mass is 16.6. The second kappa shape index (κ2) is 5.09. The number of hydrogen-bond acceptors (Lipinski definition) is 2. The lowest BCUT2D eigenvalue weighted by atomic mass is 9.88. The molecule has 0 fully saturated rings. The molecule has 0 saturated carbocycles. The number of carbonyl (C=O) groups excluding carboxylic acids is 1. The minimum Gasteiger partial charge on any atom is -0.441 e. The number of fused-ring (bicyclic) bond motifs is 3. The first-order chi connectivity index (χ1) is 10.1. The minimum atomic E-state index is -0.773. The number of amides is 1. The molecule has 2 N–H and O–H groups in total. The molecule has 0 aliphatic heterocycles. The summed E-state index contributed by atoms with van der Waals surface area (Å²) in [4.78, 5) is 11.3. The van der Waals surface area contributed by atoms with Gasteiger partial charge in [0.05, 0.1) is 5.92 Å². The first-order valence-corrected chi connectivity index (χ1v) is 6.89. The maximum atomic E-state index is 11.3. The van der Waals surface area contributed by atoms with Gasteiger partial charge in [0.1, 0.15) is 6.10 Å². The van der Waals surface area contributed by atoms with Crippen LogP contribution in [-0.4, -0.2) is 12.2 Å². The van der Waals surface area contributed by atoms with Crippen molar-refractivity contribution in [2.75, 3.05) is 0 Å². The van der Waals surface area contributed by atoms with Crippen LogP contribution in [-0.2, 0) is 4.74 Å². The van der Waals surface area contributed by atoms with Crippen LogP contribution < -0.4 is 5.73 Å². The summed E-state index contributed by atoms with van der Waals surface area (Å²) in [5, 5.41) is 0. The number of rotatable bonds is 3. The molecule has 2 aromatic rings. The predicted molar refractivity (Wildman–Crippen MR) is 83.0 cm³/mol. The van der Waals surface area contributed by atoms with Gasteiger partial charge in [0.2, 0.25) is 0 Å². The summed E-state index contributed by atoms with van der Waals surface area (Å²) in [6.07, 6.45) is -1.22. The predicted octanol–water partition coefficient (Wildman–Crippen LogP) is 3.84. The van der Waals surface area contributed by atoms with E-state index in [0.717, 1.165) is 16.7 Å². The number of benzene rings is 2. The number of carbonyl (C=O) groups is 1. The largest absolute Gasteiger partial charge is 0.441 e. The zero-order valence-electron chi connectivity index (χ0n) is 11.9. The van der Waals surface area contributed by atoms with E-state index in [1.807, 2.05) is 31.2 Å². The van der Waals surface area contributed by atoms with Gasteiger partial charge >= 0.3 is 6.09 Å². The van der Waals surface area contributed by atoms with Crippen molar-refractivity contribution in [2.24, 2.45) is 5.73 Å². The van der Waals surface area contributed by atoms with Crippen LogP contribution in [0.4, 0.5) is 4.79 Å². The summed E-state index contributed by atoms with van der Waals surface area (Å²) in [7, 11) is 0. The Morgan fingerprint density at radius 1 is 1.10 bits per heavy atom. The smallest absolute Gasteiger partial charge is 0.405 e. The molecule has 1 amide bonds. The highest BCUT2D eigenvalue weighted by Gasteiger charge is 2.36. The van der Waals surface area contributed by atoms with Crippen molar-refractivity contribution < 1.29 is 9.53 Å². The Bertz CT molecular complexity index is 675. The quantitative estimate of drug-likeness (QED) is 0.868. The maximum Gasteiger partial charge on any atom is 0.405 e. The lowest BCUT2D eigenvalue weighted by Gasteiger charge is -2.25. The third kappa shape index (κ3) is 2.21. The monoisotopic (exact) mass is 279 g/mol. The maximum absolute atomic E-state index is 11.3. The molecule has 2 aromatic carbocycles. The zero-order valence-corrected chi connectivity index (χ0v) is 11.9. The van der Waals surface area contributed by atoms with Crippen molar-refractivity contribution in [3.8, 4) is 11.1 Å². The molecule has 0 heterocycles. The van der Waals surface area contributed by atoms with E-state index in [0.29, 0.717) is 0 Å². The standard InChI is InChI=1S/C18H17NO2/c1-11(2)17(21-18(19)20)16-14-9-5-3-7-12(14)13-8-4-6-10-15(13)16/h3-10,16-17H,1H2,2H3,(H2,19,20). The SMILES string of the molecule is C=C(C)C(OC(N)=O)C1c2ccccc2-c2ccccc21. The Hall–Kier alpha value is -2.55. The van der Waals surface area contributed by atoms with Crippen molar-refractivity contribution >= 4 is 6.09 Å². The van der Waals surface area contributed by atoms with Crippen LogP contribution in [0.2, 0.25) is 0 Å². The van der Waals surface area contributed by atoms with Crippen molar-refractivity contribution in [3.63, 3.8) is 0 Å². The second-order valence-electron chi connectivity index (χ2n) is 5.36. The molecule has 3 rings (SSSR count). The van der Waals surface area contributed by atoms with E-state index in [9.17, 15) is 4.79 Å². The van der Waals surface area contributed by atoms with Gasteiger partial charge in [0.25, 0.3) is 0 Å². The number of hydrogen-bond donors (Lipinski definition) is 1. The van der Waals surface area contributed by atoms with Crippen molar-refractivity contribution in [2.45, 2.75) is 18.9 Å². The van der Waals surface area contributed by atoms with Crippen LogP contribution in [0.15, 0.2) is 60.7 Å². The summed E-state index contributed by atoms with van der Waals surface area (Å²) < 4.78 is 5.35. The third-order valence-electron chi connectivity index (χ3n) is 3.91. The van der Waals surface area contributed by atoms with E-state index in [-0.39, 0.29) is 5.92 Å². The molecule has 3 nitrogen and oxygen atoms in total. The second-order valence-corrected chi connectivity index (χ2v) is 5.36. The molecule has 21 heavy (non-hydrogen) atoms. The van der Waals surface area contributed by atoms with E-state index < -0.39 is 12.2 Å². The van der Waals surface area contributed by atoms with Crippen LogP contribution in [0.5, 0.6) is 0 Å². The van der Waals surface area contributed by atoms with Gasteiger partial charge in [-0.2, -0.15) is 0 Å². The minimum absolute atomic E-state index is 0.0533. The van der Waals surface area contributed by atoms with E-state index in [4.69, 9.17) is 10.5 Å². The molecule has 0 spiro atoms. The van der Waals surface area contributed by atoms with Crippen LogP contribution >= 0.6 is 0 Å². The molecular weight excluding hydrogens is 262 g/mol. The van der Waals surface area contributed by atoms with Gasteiger partial charge in [-0.05, 0) is 34.8 Å². The molecular formula is C18H17NO2. The van der Waals surface area contributed by atoms with E-state index >= 15 is 0 Å². The van der Waals surface area contributed by atoms with Gasteiger partial charge in [-0.1, -0.05) is 55.1 Å². The lowest BCUT2D eigenvalue weighted by molar-refractivity contribution is 0.116. The Morgan fingerprint density at radius 3 is 2.00 bits per heavy atom. The zero-order chi connectivity index (χ0) is 15.0. The highest BCUT2D eigenvalue weighted by molar-refractivity contribution is 5.79. The van der Waals surface area contributed by atoms with Crippen LogP contribution in [0.3, 0.4) is 0 Å². The van der Waals surface area contributed by atoms with E-state index in [1.165, 1.54) is 11.1 Å². The molecule has 0 aromatic heterocycles. The van der Waals surface area contributed by atoms with Crippen molar-refractivity contribution in [3.05, 3.63) is 71.8 Å². The molecule has 0 saturated heterocycles. The Kier molecular flexibility index (Phi) is 3.26. The summed E-state index contributed by atoms with van der Waals surface area (Å²) in [6.45, 7) is 5.82.